The number of hydrogen-bond acceptors (Lipinski definition) is 6. The SMILES string of the molecule is COc1ccc(S(=O)(=O)N2CC[C@H]3[C@H](CO)Nc4ccc(C#Cc5ccccc5OC)cc4[C@H]32)cc1. The molecule has 0 aliphatic carbocycles. The highest BCUT2D eigenvalue weighted by atomic mass is 32.2. The summed E-state index contributed by atoms with van der Waals surface area (Å²) in [5.74, 6) is 7.60. The number of anilines is 1. The molecule has 0 aromatic heterocycles. The van der Waals surface area contributed by atoms with Gasteiger partial charge in [0.2, 0.25) is 10.0 Å². The fourth-order valence-electron chi connectivity index (χ4n) is 5.14. The number of rotatable bonds is 5. The van der Waals surface area contributed by atoms with Gasteiger partial charge in [0.05, 0.1) is 43.4 Å². The van der Waals surface area contributed by atoms with Crippen molar-refractivity contribution in [2.45, 2.75) is 23.4 Å². The zero-order valence-electron chi connectivity index (χ0n) is 20.1. The van der Waals surface area contributed by atoms with Gasteiger partial charge in [0.25, 0.3) is 0 Å². The molecule has 186 valence electrons. The lowest BCUT2D eigenvalue weighted by Crippen LogP contribution is -2.42. The molecule has 3 aromatic rings. The number of ether oxygens (including phenoxy) is 2. The smallest absolute Gasteiger partial charge is 0.243 e. The van der Waals surface area contributed by atoms with E-state index in [1.165, 1.54) is 0 Å². The number of aliphatic hydroxyl groups excluding tert-OH is 1. The van der Waals surface area contributed by atoms with Crippen LogP contribution in [0.4, 0.5) is 5.69 Å². The topological polar surface area (TPSA) is 88.1 Å². The average Bonchev–Trinajstić information content (AvgIpc) is 3.38. The van der Waals surface area contributed by atoms with Crippen LogP contribution in [0.2, 0.25) is 0 Å². The average molecular weight is 505 g/mol. The first-order valence-corrected chi connectivity index (χ1v) is 13.2. The van der Waals surface area contributed by atoms with Crippen LogP contribution in [0.3, 0.4) is 0 Å². The first-order valence-electron chi connectivity index (χ1n) is 11.8. The maximum absolute atomic E-state index is 13.7. The second-order valence-electron chi connectivity index (χ2n) is 8.87. The Hall–Kier alpha value is -3.51. The lowest BCUT2D eigenvalue weighted by molar-refractivity contribution is 0.210. The van der Waals surface area contributed by atoms with E-state index in [2.05, 4.69) is 17.2 Å². The molecular formula is C28H28N2O5S. The van der Waals surface area contributed by atoms with Crippen LogP contribution in [0.25, 0.3) is 0 Å². The molecule has 3 atom stereocenters. The quantitative estimate of drug-likeness (QED) is 0.516. The maximum Gasteiger partial charge on any atom is 0.243 e. The summed E-state index contributed by atoms with van der Waals surface area (Å²) in [5, 5.41) is 13.5. The minimum Gasteiger partial charge on any atom is -0.497 e. The second kappa shape index (κ2) is 9.86. The van der Waals surface area contributed by atoms with E-state index < -0.39 is 16.1 Å². The van der Waals surface area contributed by atoms with Gasteiger partial charge < -0.3 is 19.9 Å². The second-order valence-corrected chi connectivity index (χ2v) is 10.8. The van der Waals surface area contributed by atoms with E-state index in [4.69, 9.17) is 9.47 Å². The van der Waals surface area contributed by atoms with Crippen LogP contribution in [0, 0.1) is 17.8 Å². The predicted octanol–water partition coefficient (Wildman–Crippen LogP) is 3.64. The summed E-state index contributed by atoms with van der Waals surface area (Å²) in [6, 6.07) is 19.1. The Morgan fingerprint density at radius 2 is 1.81 bits per heavy atom. The number of methoxy groups -OCH3 is 2. The Morgan fingerprint density at radius 1 is 1.03 bits per heavy atom. The Balaban J connectivity index is 1.54. The first-order chi connectivity index (χ1) is 17.5. The van der Waals surface area contributed by atoms with Crippen molar-refractivity contribution in [3.63, 3.8) is 0 Å². The van der Waals surface area contributed by atoms with Crippen molar-refractivity contribution in [2.24, 2.45) is 5.92 Å². The van der Waals surface area contributed by atoms with Gasteiger partial charge in [-0.2, -0.15) is 4.31 Å². The third kappa shape index (κ3) is 4.30. The van der Waals surface area contributed by atoms with E-state index >= 15 is 0 Å². The standard InChI is InChI=1S/C28H28N2O5S/c1-34-21-10-12-22(13-11-21)36(32,33)30-16-15-23-26(18-31)29-25-14-8-19(17-24(25)28(23)30)7-9-20-5-3-4-6-27(20)35-2/h3-6,8,10-14,17,23,26,28-29,31H,15-16,18H2,1-2H3/t23-,26-,28-/m0/s1. The summed E-state index contributed by atoms with van der Waals surface area (Å²) in [7, 11) is -0.612. The monoisotopic (exact) mass is 504 g/mol. The number of sulfonamides is 1. The molecule has 2 N–H and O–H groups in total. The molecule has 1 saturated heterocycles. The van der Waals surface area contributed by atoms with Gasteiger partial charge in [-0.3, -0.25) is 0 Å². The van der Waals surface area contributed by atoms with Crippen molar-refractivity contribution in [3.8, 4) is 23.3 Å². The summed E-state index contributed by atoms with van der Waals surface area (Å²) in [4.78, 5) is 0.219. The molecule has 0 spiro atoms. The molecule has 0 bridgehead atoms. The van der Waals surface area contributed by atoms with E-state index in [1.54, 1.807) is 42.8 Å². The number of para-hydroxylation sites is 1. The highest BCUT2D eigenvalue weighted by Gasteiger charge is 2.48. The lowest BCUT2D eigenvalue weighted by atomic mass is 9.83. The predicted molar refractivity (Wildman–Crippen MR) is 138 cm³/mol. The van der Waals surface area contributed by atoms with E-state index in [0.29, 0.717) is 24.5 Å². The summed E-state index contributed by atoms with van der Waals surface area (Å²) in [5.41, 5.74) is 3.23. The van der Waals surface area contributed by atoms with Crippen LogP contribution in [-0.4, -0.2) is 51.2 Å². The van der Waals surface area contributed by atoms with Gasteiger partial charge >= 0.3 is 0 Å². The fraction of sp³-hybridized carbons (Fsp3) is 0.286. The molecule has 0 unspecified atom stereocenters. The van der Waals surface area contributed by atoms with E-state index in [9.17, 15) is 13.5 Å². The fourth-order valence-corrected chi connectivity index (χ4v) is 6.80. The molecule has 3 aromatic carbocycles. The van der Waals surface area contributed by atoms with Gasteiger partial charge in [0.1, 0.15) is 11.5 Å². The van der Waals surface area contributed by atoms with Crippen molar-refractivity contribution in [1.29, 1.82) is 0 Å². The van der Waals surface area contributed by atoms with E-state index in [-0.39, 0.29) is 23.5 Å². The molecule has 2 aliphatic heterocycles. The first kappa shape index (κ1) is 24.2. The van der Waals surface area contributed by atoms with Crippen molar-refractivity contribution in [3.05, 3.63) is 83.4 Å². The molecular weight excluding hydrogens is 476 g/mol. The molecule has 5 rings (SSSR count). The van der Waals surface area contributed by atoms with Gasteiger partial charge in [-0.25, -0.2) is 8.42 Å². The summed E-state index contributed by atoms with van der Waals surface area (Å²) < 4.78 is 39.6. The highest BCUT2D eigenvalue weighted by Crippen LogP contribution is 2.48. The number of nitrogens with zero attached hydrogens (tertiary/aromatic N) is 1. The van der Waals surface area contributed by atoms with Crippen LogP contribution in [0.15, 0.2) is 71.6 Å². The summed E-state index contributed by atoms with van der Waals surface area (Å²) >= 11 is 0. The molecule has 0 amide bonds. The Bertz CT molecular complexity index is 1430. The van der Waals surface area contributed by atoms with Crippen molar-refractivity contribution < 1.29 is 23.0 Å². The summed E-state index contributed by atoms with van der Waals surface area (Å²) in [6.45, 7) is 0.296. The summed E-state index contributed by atoms with van der Waals surface area (Å²) in [6.07, 6.45) is 0.648. The minimum atomic E-state index is -3.77. The van der Waals surface area contributed by atoms with Gasteiger partial charge in [0, 0.05) is 23.7 Å². The normalized spacial score (nSPS) is 20.9. The van der Waals surface area contributed by atoms with Gasteiger partial charge in [-0.05, 0) is 66.6 Å². The minimum absolute atomic E-state index is 0.0621. The Labute approximate surface area is 211 Å². The zero-order valence-corrected chi connectivity index (χ0v) is 21.0. The lowest BCUT2D eigenvalue weighted by Gasteiger charge is -2.38. The van der Waals surface area contributed by atoms with Crippen LogP contribution in [0.1, 0.15) is 29.2 Å². The molecule has 2 aliphatic rings. The van der Waals surface area contributed by atoms with E-state index in [0.717, 1.165) is 22.4 Å². The van der Waals surface area contributed by atoms with Crippen molar-refractivity contribution in [1.82, 2.24) is 4.31 Å². The maximum atomic E-state index is 13.7. The van der Waals surface area contributed by atoms with Crippen LogP contribution >= 0.6 is 0 Å². The molecule has 7 nitrogen and oxygen atoms in total. The Morgan fingerprint density at radius 3 is 2.53 bits per heavy atom. The van der Waals surface area contributed by atoms with Gasteiger partial charge in [-0.15, -0.1) is 0 Å². The number of fused-ring (bicyclic) bond motifs is 3. The van der Waals surface area contributed by atoms with Crippen LogP contribution in [-0.2, 0) is 10.0 Å². The third-order valence-electron chi connectivity index (χ3n) is 6.94. The van der Waals surface area contributed by atoms with Crippen molar-refractivity contribution in [2.75, 3.05) is 32.7 Å². The molecule has 8 heteroatoms. The molecule has 0 radical (unpaired) electrons. The molecule has 2 heterocycles. The number of benzene rings is 3. The number of nitrogens with one attached hydrogen (secondary N) is 1. The molecule has 36 heavy (non-hydrogen) atoms. The number of hydrogen-bond donors (Lipinski definition) is 2. The molecule has 0 saturated carbocycles. The largest absolute Gasteiger partial charge is 0.497 e. The third-order valence-corrected chi connectivity index (χ3v) is 8.83. The molecule has 1 fully saturated rings. The Kier molecular flexibility index (Phi) is 6.63. The highest BCUT2D eigenvalue weighted by molar-refractivity contribution is 7.89. The van der Waals surface area contributed by atoms with Gasteiger partial charge in [-0.1, -0.05) is 24.0 Å². The van der Waals surface area contributed by atoms with E-state index in [1.807, 2.05) is 42.5 Å². The van der Waals surface area contributed by atoms with Crippen molar-refractivity contribution >= 4 is 15.7 Å². The zero-order chi connectivity index (χ0) is 25.3. The number of aliphatic hydroxyl groups is 1. The van der Waals surface area contributed by atoms with Crippen LogP contribution < -0.4 is 14.8 Å². The van der Waals surface area contributed by atoms with Crippen LogP contribution in [0.5, 0.6) is 11.5 Å². The van der Waals surface area contributed by atoms with Gasteiger partial charge in [0.15, 0.2) is 0 Å².